The van der Waals surface area contributed by atoms with Crippen molar-refractivity contribution in [2.45, 2.75) is 141 Å². The molecule has 0 aliphatic rings. The summed E-state index contributed by atoms with van der Waals surface area (Å²) in [5, 5.41) is 0. The third-order valence-electron chi connectivity index (χ3n) is 12.2. The van der Waals surface area contributed by atoms with Crippen LogP contribution < -0.4 is 14.2 Å². The molecule has 0 saturated heterocycles. The number of carbonyl (C=O) groups excluding carboxylic acids is 6. The average Bonchev–Trinajstić information content (AvgIpc) is 3.43. The van der Waals surface area contributed by atoms with E-state index in [4.69, 9.17) is 42.6 Å². The summed E-state index contributed by atoms with van der Waals surface area (Å²) in [7, 11) is 3.96. The van der Waals surface area contributed by atoms with Crippen LogP contribution in [-0.4, -0.2) is 96.3 Å². The molecular weight excluding hydrogens is 961 g/mol. The number of methoxy groups -OCH3 is 3. The maximum Gasteiger partial charge on any atom is 0.337 e. The maximum absolute atomic E-state index is 12.9. The van der Waals surface area contributed by atoms with Crippen molar-refractivity contribution in [3.05, 3.63) is 109 Å². The Morgan fingerprint density at radius 1 is 0.360 bits per heavy atom. The Bertz CT molecular complexity index is 2110. The number of unbranched alkanes of at least 4 members (excludes halogenated alkanes) is 15. The summed E-state index contributed by atoms with van der Waals surface area (Å²) in [5.74, 6) is -0.510. The first-order chi connectivity index (χ1) is 36.3. The number of hydrogen-bond donors (Lipinski definition) is 0. The molecule has 0 saturated carbocycles. The van der Waals surface area contributed by atoms with E-state index in [9.17, 15) is 28.8 Å². The second-order valence-corrected chi connectivity index (χ2v) is 18.1. The second-order valence-electron chi connectivity index (χ2n) is 18.1. The van der Waals surface area contributed by atoms with Gasteiger partial charge >= 0.3 is 35.8 Å². The Hall–Kier alpha value is -6.90. The molecule has 0 atom stereocenters. The first kappa shape index (κ1) is 62.4. The van der Waals surface area contributed by atoms with Crippen LogP contribution in [0.25, 0.3) is 16.7 Å². The van der Waals surface area contributed by atoms with Crippen LogP contribution in [0.2, 0.25) is 0 Å². The fourth-order valence-electron chi connectivity index (χ4n) is 7.66. The lowest BCUT2D eigenvalue weighted by atomic mass is 10.1. The largest absolute Gasteiger partial charge is 0.494 e. The summed E-state index contributed by atoms with van der Waals surface area (Å²) in [4.78, 5) is 73.4. The lowest BCUT2D eigenvalue weighted by Crippen LogP contribution is -2.30. The maximum atomic E-state index is 12.9. The summed E-state index contributed by atoms with van der Waals surface area (Å²) in [5.41, 5.74) is 2.90. The molecule has 0 amide bonds. The van der Waals surface area contributed by atoms with Crippen molar-refractivity contribution in [3.63, 3.8) is 0 Å². The Labute approximate surface area is 444 Å². The normalized spacial score (nSPS) is 10.7. The van der Waals surface area contributed by atoms with Crippen molar-refractivity contribution in [1.82, 2.24) is 0 Å². The van der Waals surface area contributed by atoms with Gasteiger partial charge in [0.25, 0.3) is 0 Å². The number of ether oxygens (including phenoxy) is 9. The van der Waals surface area contributed by atoms with E-state index in [1.807, 2.05) is 0 Å². The topological polar surface area (TPSA) is 185 Å². The predicted molar refractivity (Wildman–Crippen MR) is 288 cm³/mol. The SMILES string of the molecule is C=C(C(=O)OC)c1ccc(OCCCCCCCCC(=O)OCC(COC(=O)CCCCCCCCOc2ccc(C(=C)C(=O)OC)cc2)OC(=O)CCCCCCCCOc2ccc(C(=C)C(=O)OC)cc2)cc1. The molecular formula is C60H80O15. The lowest BCUT2D eigenvalue weighted by Gasteiger charge is -2.18. The smallest absolute Gasteiger partial charge is 0.337 e. The van der Waals surface area contributed by atoms with Crippen LogP contribution >= 0.6 is 0 Å². The fraction of sp³-hybridized carbons (Fsp3) is 0.500. The molecule has 0 aliphatic carbocycles. The Morgan fingerprint density at radius 3 is 0.893 bits per heavy atom. The molecule has 0 heterocycles. The standard InChI is InChI=1S/C60H80O15/c1-45(58(64)67-4)48-28-34-51(35-29-48)70-40-22-16-10-7-13-19-25-55(61)73-43-54(75-57(63)27-21-15-9-12-18-24-42-72-53-38-32-50(33-39-53)47(3)60(66)69-6)44-74-56(62)26-20-14-8-11-17-23-41-71-52-36-30-49(31-37-52)46(2)59(65)68-5/h28-39,54H,1-3,7-27,40-44H2,4-6H3. The number of rotatable bonds is 41. The summed E-state index contributed by atoms with van der Waals surface area (Å²) in [6.07, 6.45) is 15.7. The summed E-state index contributed by atoms with van der Waals surface area (Å²) >= 11 is 0. The number of hydrogen-bond acceptors (Lipinski definition) is 15. The van der Waals surface area contributed by atoms with Crippen LogP contribution in [0, 0.1) is 0 Å². The number of benzene rings is 3. The third kappa shape index (κ3) is 26.8. The minimum atomic E-state index is -0.910. The van der Waals surface area contributed by atoms with Gasteiger partial charge < -0.3 is 42.6 Å². The van der Waals surface area contributed by atoms with E-state index in [2.05, 4.69) is 19.7 Å². The monoisotopic (exact) mass is 1040 g/mol. The molecule has 75 heavy (non-hydrogen) atoms. The highest BCUT2D eigenvalue weighted by Gasteiger charge is 2.20. The van der Waals surface area contributed by atoms with Crippen molar-refractivity contribution in [2.75, 3.05) is 54.4 Å². The van der Waals surface area contributed by atoms with Crippen LogP contribution in [0.3, 0.4) is 0 Å². The van der Waals surface area contributed by atoms with Crippen molar-refractivity contribution in [2.24, 2.45) is 0 Å². The van der Waals surface area contributed by atoms with E-state index in [0.29, 0.717) is 73.0 Å². The van der Waals surface area contributed by atoms with Crippen molar-refractivity contribution >= 4 is 52.5 Å². The molecule has 0 aromatic heterocycles. The van der Waals surface area contributed by atoms with Gasteiger partial charge in [-0.3, -0.25) is 14.4 Å². The van der Waals surface area contributed by atoms with Gasteiger partial charge in [0, 0.05) is 19.3 Å². The Morgan fingerprint density at radius 2 is 0.613 bits per heavy atom. The van der Waals surface area contributed by atoms with Crippen LogP contribution in [0.4, 0.5) is 0 Å². The lowest BCUT2D eigenvalue weighted by molar-refractivity contribution is -0.167. The van der Waals surface area contributed by atoms with Gasteiger partial charge in [0.2, 0.25) is 0 Å². The molecule has 410 valence electrons. The summed E-state index contributed by atoms with van der Waals surface area (Å²) < 4.78 is 48.4. The second kappa shape index (κ2) is 37.8. The molecule has 0 fully saturated rings. The zero-order valence-corrected chi connectivity index (χ0v) is 44.6. The highest BCUT2D eigenvalue weighted by molar-refractivity contribution is 6.16. The van der Waals surface area contributed by atoms with Crippen molar-refractivity contribution in [3.8, 4) is 17.2 Å². The number of esters is 6. The van der Waals surface area contributed by atoms with Crippen LogP contribution in [0.5, 0.6) is 17.2 Å². The van der Waals surface area contributed by atoms with Gasteiger partial charge in [0.1, 0.15) is 30.5 Å². The third-order valence-corrected chi connectivity index (χ3v) is 12.2. The van der Waals surface area contributed by atoms with E-state index in [-0.39, 0.29) is 49.2 Å². The highest BCUT2D eigenvalue weighted by atomic mass is 16.6. The van der Waals surface area contributed by atoms with Crippen LogP contribution in [-0.2, 0) is 57.2 Å². The fourth-order valence-corrected chi connectivity index (χ4v) is 7.66. The van der Waals surface area contributed by atoms with Crippen LogP contribution in [0.1, 0.15) is 152 Å². The molecule has 0 unspecified atom stereocenters. The summed E-state index contributed by atoms with van der Waals surface area (Å²) in [6, 6.07) is 21.5. The molecule has 3 aromatic rings. The highest BCUT2D eigenvalue weighted by Crippen LogP contribution is 2.22. The summed E-state index contributed by atoms with van der Waals surface area (Å²) in [6.45, 7) is 12.6. The molecule has 3 aromatic carbocycles. The quantitative estimate of drug-likeness (QED) is 0.0226. The minimum absolute atomic E-state index is 0.197. The molecule has 0 aliphatic heterocycles. The predicted octanol–water partition coefficient (Wildman–Crippen LogP) is 12.0. The zero-order valence-electron chi connectivity index (χ0n) is 44.6. The molecule has 0 radical (unpaired) electrons. The van der Waals surface area contributed by atoms with Gasteiger partial charge in [-0.1, -0.05) is 133 Å². The van der Waals surface area contributed by atoms with E-state index in [1.54, 1.807) is 72.8 Å². The van der Waals surface area contributed by atoms with E-state index < -0.39 is 41.9 Å². The van der Waals surface area contributed by atoms with Crippen molar-refractivity contribution < 1.29 is 71.4 Å². The molecule has 0 N–H and O–H groups in total. The zero-order chi connectivity index (χ0) is 54.5. The van der Waals surface area contributed by atoms with Crippen LogP contribution in [0.15, 0.2) is 92.5 Å². The molecule has 0 spiro atoms. The van der Waals surface area contributed by atoms with Crippen molar-refractivity contribution in [1.29, 1.82) is 0 Å². The van der Waals surface area contributed by atoms with Gasteiger partial charge in [-0.05, 0) is 91.6 Å². The van der Waals surface area contributed by atoms with E-state index >= 15 is 0 Å². The van der Waals surface area contributed by atoms with Gasteiger partial charge in [0.05, 0.1) is 57.9 Å². The first-order valence-electron chi connectivity index (χ1n) is 26.4. The van der Waals surface area contributed by atoms with Gasteiger partial charge in [-0.25, -0.2) is 14.4 Å². The molecule has 15 heteroatoms. The molecule has 0 bridgehead atoms. The average molecular weight is 1040 g/mol. The number of carbonyl (C=O) groups is 6. The Balaban J connectivity index is 1.30. The first-order valence-corrected chi connectivity index (χ1v) is 26.4. The van der Waals surface area contributed by atoms with Gasteiger partial charge in [-0.2, -0.15) is 0 Å². The minimum Gasteiger partial charge on any atom is -0.494 e. The molecule has 3 rings (SSSR count). The van der Waals surface area contributed by atoms with Gasteiger partial charge in [0.15, 0.2) is 6.10 Å². The van der Waals surface area contributed by atoms with E-state index in [0.717, 1.165) is 96.3 Å². The van der Waals surface area contributed by atoms with Gasteiger partial charge in [-0.15, -0.1) is 0 Å². The molecule has 15 nitrogen and oxygen atoms in total. The Kier molecular flexibility index (Phi) is 31.4. The van der Waals surface area contributed by atoms with E-state index in [1.165, 1.54) is 21.3 Å².